The molecule has 0 amide bonds. The van der Waals surface area contributed by atoms with E-state index >= 15 is 0 Å². The van der Waals surface area contributed by atoms with E-state index in [0.717, 1.165) is 12.1 Å². The molecule has 0 spiro atoms. The number of nitrogen functional groups attached to an aromatic ring is 1. The minimum absolute atomic E-state index is 0.0309. The maximum absolute atomic E-state index is 13.2. The maximum Gasteiger partial charge on any atom is 0.242 e. The second kappa shape index (κ2) is 7.89. The highest BCUT2D eigenvalue weighted by Crippen LogP contribution is 2.25. The highest BCUT2D eigenvalue weighted by Gasteiger charge is 2.19. The van der Waals surface area contributed by atoms with Crippen molar-refractivity contribution in [2.24, 2.45) is 0 Å². The number of ether oxygens (including phenoxy) is 2. The minimum atomic E-state index is -3.81. The molecule has 0 aliphatic carbocycles. The lowest BCUT2D eigenvalue weighted by Gasteiger charge is -2.10. The Morgan fingerprint density at radius 3 is 2.70 bits per heavy atom. The van der Waals surface area contributed by atoms with Crippen molar-refractivity contribution >= 4 is 31.6 Å². The van der Waals surface area contributed by atoms with Crippen LogP contribution >= 0.6 is 15.9 Å². The number of halogens is 2. The molecular weight excluding hydrogens is 355 g/mol. The third-order valence-corrected chi connectivity index (χ3v) is 4.44. The van der Waals surface area contributed by atoms with Crippen molar-refractivity contribution in [3.05, 3.63) is 22.4 Å². The van der Waals surface area contributed by atoms with Gasteiger partial charge in [-0.05, 0) is 28.1 Å². The van der Waals surface area contributed by atoms with E-state index in [9.17, 15) is 12.8 Å². The highest BCUT2D eigenvalue weighted by molar-refractivity contribution is 9.10. The van der Waals surface area contributed by atoms with Gasteiger partial charge in [0, 0.05) is 13.7 Å². The van der Waals surface area contributed by atoms with Crippen molar-refractivity contribution in [3.63, 3.8) is 0 Å². The fraction of sp³-hybridized carbons (Fsp3) is 0.455. The summed E-state index contributed by atoms with van der Waals surface area (Å²) in [6.07, 6.45) is 0. The molecule has 0 bridgehead atoms. The summed E-state index contributed by atoms with van der Waals surface area (Å²) >= 11 is 2.92. The van der Waals surface area contributed by atoms with Gasteiger partial charge in [-0.15, -0.1) is 0 Å². The molecule has 0 atom stereocenters. The summed E-state index contributed by atoms with van der Waals surface area (Å²) in [6.45, 7) is 1.10. The topological polar surface area (TPSA) is 90.6 Å². The molecule has 0 saturated heterocycles. The molecule has 3 N–H and O–H groups in total. The molecule has 20 heavy (non-hydrogen) atoms. The van der Waals surface area contributed by atoms with Crippen LogP contribution in [0.4, 0.5) is 10.1 Å². The van der Waals surface area contributed by atoms with Crippen molar-refractivity contribution in [1.82, 2.24) is 4.72 Å². The summed E-state index contributed by atoms with van der Waals surface area (Å²) in [4.78, 5) is -0.178. The van der Waals surface area contributed by atoms with Gasteiger partial charge in [-0.3, -0.25) is 0 Å². The summed E-state index contributed by atoms with van der Waals surface area (Å²) in [5.41, 5.74) is 5.36. The van der Waals surface area contributed by atoms with Gasteiger partial charge in [-0.1, -0.05) is 0 Å². The zero-order valence-corrected chi connectivity index (χ0v) is 13.3. The summed E-state index contributed by atoms with van der Waals surface area (Å²) in [7, 11) is -2.26. The van der Waals surface area contributed by atoms with Gasteiger partial charge in [-0.25, -0.2) is 17.5 Å². The lowest BCUT2D eigenvalue weighted by molar-refractivity contribution is 0.0736. The maximum atomic E-state index is 13.2. The largest absolute Gasteiger partial charge is 0.398 e. The van der Waals surface area contributed by atoms with Crippen molar-refractivity contribution in [3.8, 4) is 0 Å². The van der Waals surface area contributed by atoms with Crippen LogP contribution in [0.1, 0.15) is 0 Å². The van der Waals surface area contributed by atoms with Crippen LogP contribution < -0.4 is 10.5 Å². The first-order valence-corrected chi connectivity index (χ1v) is 7.97. The molecule has 9 heteroatoms. The van der Waals surface area contributed by atoms with Crippen LogP contribution in [0.5, 0.6) is 0 Å². The van der Waals surface area contributed by atoms with Crippen LogP contribution in [0.25, 0.3) is 0 Å². The molecule has 114 valence electrons. The fourth-order valence-electron chi connectivity index (χ4n) is 1.35. The molecule has 0 fully saturated rings. The predicted molar refractivity (Wildman–Crippen MR) is 76.4 cm³/mol. The van der Waals surface area contributed by atoms with E-state index in [2.05, 4.69) is 20.7 Å². The van der Waals surface area contributed by atoms with E-state index < -0.39 is 15.8 Å². The summed E-state index contributed by atoms with van der Waals surface area (Å²) in [6, 6.07) is 2.08. The van der Waals surface area contributed by atoms with E-state index in [4.69, 9.17) is 15.2 Å². The van der Waals surface area contributed by atoms with Gasteiger partial charge in [0.1, 0.15) is 10.7 Å². The standard InChI is InChI=1S/C11H16BrFN2O4S/c1-18-4-5-19-3-2-15-20(16,17)11-6-8(12)9(13)7-10(11)14/h6-7,15H,2-5,14H2,1H3. The van der Waals surface area contributed by atoms with E-state index in [1.807, 2.05) is 0 Å². The van der Waals surface area contributed by atoms with Crippen LogP contribution in [0, 0.1) is 5.82 Å². The lowest BCUT2D eigenvalue weighted by Crippen LogP contribution is -2.28. The number of nitrogens with two attached hydrogens (primary N) is 1. The Balaban J connectivity index is 2.63. The first-order valence-electron chi connectivity index (χ1n) is 5.69. The fourth-order valence-corrected chi connectivity index (χ4v) is 2.99. The minimum Gasteiger partial charge on any atom is -0.398 e. The molecule has 1 aromatic rings. The number of methoxy groups -OCH3 is 1. The van der Waals surface area contributed by atoms with E-state index in [-0.39, 0.29) is 28.2 Å². The highest BCUT2D eigenvalue weighted by atomic mass is 79.9. The van der Waals surface area contributed by atoms with E-state index in [0.29, 0.717) is 13.2 Å². The Bertz CT molecular complexity index is 554. The smallest absolute Gasteiger partial charge is 0.242 e. The van der Waals surface area contributed by atoms with Gasteiger partial charge in [0.25, 0.3) is 0 Å². The lowest BCUT2D eigenvalue weighted by atomic mass is 10.3. The third-order valence-electron chi connectivity index (χ3n) is 2.31. The van der Waals surface area contributed by atoms with Crippen molar-refractivity contribution in [2.75, 3.05) is 39.2 Å². The number of rotatable bonds is 8. The molecule has 1 aromatic carbocycles. The van der Waals surface area contributed by atoms with E-state index in [1.165, 1.54) is 0 Å². The van der Waals surface area contributed by atoms with Crippen LogP contribution in [0.3, 0.4) is 0 Å². The van der Waals surface area contributed by atoms with Gasteiger partial charge in [0.15, 0.2) is 0 Å². The Morgan fingerprint density at radius 2 is 2.05 bits per heavy atom. The van der Waals surface area contributed by atoms with Gasteiger partial charge >= 0.3 is 0 Å². The zero-order chi connectivity index (χ0) is 15.2. The second-order valence-corrected chi connectivity index (χ2v) is 6.40. The Labute approximate surface area is 125 Å². The number of sulfonamides is 1. The molecular formula is C11H16BrFN2O4S. The number of benzene rings is 1. The monoisotopic (exact) mass is 370 g/mol. The Hall–Kier alpha value is -0.740. The van der Waals surface area contributed by atoms with Gasteiger partial charge in [0.2, 0.25) is 10.0 Å². The Kier molecular flexibility index (Phi) is 6.83. The Morgan fingerprint density at radius 1 is 1.35 bits per heavy atom. The average Bonchev–Trinajstić information content (AvgIpc) is 2.37. The first kappa shape index (κ1) is 17.3. The average molecular weight is 371 g/mol. The van der Waals surface area contributed by atoms with Gasteiger partial charge in [0.05, 0.1) is 30.0 Å². The second-order valence-electron chi connectivity index (χ2n) is 3.81. The van der Waals surface area contributed by atoms with Gasteiger partial charge in [-0.2, -0.15) is 0 Å². The van der Waals surface area contributed by atoms with Crippen LogP contribution in [-0.4, -0.2) is 41.9 Å². The zero-order valence-electron chi connectivity index (χ0n) is 10.9. The summed E-state index contributed by atoms with van der Waals surface area (Å²) in [5, 5.41) is 0. The number of hydrogen-bond donors (Lipinski definition) is 2. The third kappa shape index (κ3) is 4.98. The summed E-state index contributed by atoms with van der Waals surface area (Å²) < 4.78 is 49.4. The molecule has 0 radical (unpaired) electrons. The number of hydrogen-bond acceptors (Lipinski definition) is 5. The SMILES string of the molecule is COCCOCCNS(=O)(=O)c1cc(Br)c(F)cc1N. The molecule has 0 saturated carbocycles. The molecule has 0 aliphatic rings. The van der Waals surface area contributed by atoms with Crippen molar-refractivity contribution < 1.29 is 22.3 Å². The molecule has 0 aliphatic heterocycles. The van der Waals surface area contributed by atoms with Crippen molar-refractivity contribution in [2.45, 2.75) is 4.90 Å². The number of anilines is 1. The quantitative estimate of drug-likeness (QED) is 0.528. The van der Waals surface area contributed by atoms with Crippen LogP contribution in [0.15, 0.2) is 21.5 Å². The van der Waals surface area contributed by atoms with Crippen LogP contribution in [0.2, 0.25) is 0 Å². The predicted octanol–water partition coefficient (Wildman–Crippen LogP) is 1.11. The molecule has 6 nitrogen and oxygen atoms in total. The molecule has 1 rings (SSSR count). The number of nitrogens with one attached hydrogen (secondary N) is 1. The van der Waals surface area contributed by atoms with E-state index in [1.54, 1.807) is 7.11 Å². The summed E-state index contributed by atoms with van der Waals surface area (Å²) in [5.74, 6) is -0.621. The van der Waals surface area contributed by atoms with Crippen molar-refractivity contribution in [1.29, 1.82) is 0 Å². The normalized spacial score (nSPS) is 11.8. The van der Waals surface area contributed by atoms with Gasteiger partial charge < -0.3 is 15.2 Å². The first-order chi connectivity index (χ1) is 9.38. The van der Waals surface area contributed by atoms with Crippen LogP contribution in [-0.2, 0) is 19.5 Å². The molecule has 0 unspecified atom stereocenters. The molecule has 0 heterocycles. The molecule has 0 aromatic heterocycles.